The molecule has 1 aromatic heterocycles. The number of aromatic amines is 1. The first-order chi connectivity index (χ1) is 6.48. The summed E-state index contributed by atoms with van der Waals surface area (Å²) in [4.78, 5) is 0.244. The summed E-state index contributed by atoms with van der Waals surface area (Å²) in [6.45, 7) is 0. The van der Waals surface area contributed by atoms with Gasteiger partial charge < -0.3 is 0 Å². The average molecular weight is 231 g/mol. The van der Waals surface area contributed by atoms with Crippen molar-refractivity contribution in [3.63, 3.8) is 0 Å². The van der Waals surface area contributed by atoms with Crippen LogP contribution in [0.2, 0.25) is 5.15 Å². The maximum atomic E-state index is 11.2. The Hall–Kier alpha value is -1.07. The van der Waals surface area contributed by atoms with Crippen LogP contribution in [0.15, 0.2) is 23.1 Å². The second-order valence-electron chi connectivity index (χ2n) is 2.99. The van der Waals surface area contributed by atoms with Crippen molar-refractivity contribution in [1.82, 2.24) is 10.2 Å². The minimum atomic E-state index is -3.19. The highest BCUT2D eigenvalue weighted by molar-refractivity contribution is 7.90. The fourth-order valence-electron chi connectivity index (χ4n) is 1.19. The van der Waals surface area contributed by atoms with Crippen LogP contribution in [-0.4, -0.2) is 24.9 Å². The van der Waals surface area contributed by atoms with Crippen molar-refractivity contribution in [2.45, 2.75) is 4.90 Å². The molecule has 0 atom stereocenters. The average Bonchev–Trinajstić information content (AvgIpc) is 2.46. The SMILES string of the molecule is CS(=O)(=O)c1ccc2n[nH]c(Cl)c2c1. The summed E-state index contributed by atoms with van der Waals surface area (Å²) < 4.78 is 22.5. The van der Waals surface area contributed by atoms with Crippen LogP contribution >= 0.6 is 11.6 Å². The maximum absolute atomic E-state index is 11.2. The summed E-state index contributed by atoms with van der Waals surface area (Å²) in [7, 11) is -3.19. The Balaban J connectivity index is 2.79. The quantitative estimate of drug-likeness (QED) is 0.810. The number of H-pyrrole nitrogens is 1. The third-order valence-electron chi connectivity index (χ3n) is 1.91. The summed E-state index contributed by atoms with van der Waals surface area (Å²) in [6, 6.07) is 4.64. The van der Waals surface area contributed by atoms with E-state index in [-0.39, 0.29) is 4.90 Å². The molecule has 1 heterocycles. The molecular formula is C8H7ClN2O2S. The number of aromatic nitrogens is 2. The summed E-state index contributed by atoms with van der Waals surface area (Å²) in [5.74, 6) is 0. The van der Waals surface area contributed by atoms with Crippen molar-refractivity contribution in [3.8, 4) is 0 Å². The van der Waals surface area contributed by atoms with Gasteiger partial charge in [-0.15, -0.1) is 0 Å². The van der Waals surface area contributed by atoms with E-state index in [0.717, 1.165) is 6.26 Å². The van der Waals surface area contributed by atoms with Gasteiger partial charge in [0.1, 0.15) is 5.15 Å². The van der Waals surface area contributed by atoms with Crippen LogP contribution in [-0.2, 0) is 9.84 Å². The number of nitrogens with zero attached hydrogens (tertiary/aromatic N) is 1. The summed E-state index contributed by atoms with van der Waals surface area (Å²) in [5.41, 5.74) is 0.655. The Kier molecular flexibility index (Phi) is 2.01. The van der Waals surface area contributed by atoms with Crippen molar-refractivity contribution >= 4 is 32.3 Å². The zero-order valence-corrected chi connectivity index (χ0v) is 8.85. The number of nitrogens with one attached hydrogen (secondary N) is 1. The molecule has 1 aromatic carbocycles. The topological polar surface area (TPSA) is 62.8 Å². The molecule has 0 spiro atoms. The highest BCUT2D eigenvalue weighted by atomic mass is 35.5. The molecule has 0 aliphatic rings. The molecule has 14 heavy (non-hydrogen) atoms. The molecule has 4 nitrogen and oxygen atoms in total. The highest BCUT2D eigenvalue weighted by Crippen LogP contribution is 2.23. The normalized spacial score (nSPS) is 12.1. The molecule has 1 N–H and O–H groups in total. The third-order valence-corrected chi connectivity index (χ3v) is 3.31. The second kappa shape index (κ2) is 2.96. The van der Waals surface area contributed by atoms with Gasteiger partial charge in [0.05, 0.1) is 10.4 Å². The molecule has 0 unspecified atom stereocenters. The van der Waals surface area contributed by atoms with Crippen LogP contribution in [0.1, 0.15) is 0 Å². The van der Waals surface area contributed by atoms with Crippen LogP contribution in [0.25, 0.3) is 10.9 Å². The highest BCUT2D eigenvalue weighted by Gasteiger charge is 2.10. The van der Waals surface area contributed by atoms with E-state index in [4.69, 9.17) is 11.6 Å². The Bertz CT molecular complexity index is 588. The minimum Gasteiger partial charge on any atom is -0.266 e. The van der Waals surface area contributed by atoms with Gasteiger partial charge in [0.2, 0.25) is 0 Å². The zero-order chi connectivity index (χ0) is 10.3. The van der Waals surface area contributed by atoms with E-state index in [9.17, 15) is 8.42 Å². The minimum absolute atomic E-state index is 0.244. The lowest BCUT2D eigenvalue weighted by Gasteiger charge is -1.96. The molecule has 0 fully saturated rings. The Labute approximate surface area is 85.8 Å². The Morgan fingerprint density at radius 2 is 2.14 bits per heavy atom. The van der Waals surface area contributed by atoms with Crippen LogP contribution < -0.4 is 0 Å². The van der Waals surface area contributed by atoms with Crippen molar-refractivity contribution < 1.29 is 8.42 Å². The molecule has 0 radical (unpaired) electrons. The first kappa shape index (κ1) is 9.48. The fourth-order valence-corrected chi connectivity index (χ4v) is 2.03. The lowest BCUT2D eigenvalue weighted by Crippen LogP contribution is -1.95. The predicted octanol–water partition coefficient (Wildman–Crippen LogP) is 1.62. The van der Waals surface area contributed by atoms with E-state index in [1.807, 2.05) is 0 Å². The predicted molar refractivity (Wildman–Crippen MR) is 54.2 cm³/mol. The number of rotatable bonds is 1. The van der Waals surface area contributed by atoms with Crippen molar-refractivity contribution in [1.29, 1.82) is 0 Å². The molecule has 2 rings (SSSR count). The monoisotopic (exact) mass is 230 g/mol. The molecule has 0 saturated heterocycles. The summed E-state index contributed by atoms with van der Waals surface area (Å²) in [6.07, 6.45) is 1.15. The van der Waals surface area contributed by atoms with Crippen molar-refractivity contribution in [2.75, 3.05) is 6.26 Å². The van der Waals surface area contributed by atoms with Crippen LogP contribution in [0.4, 0.5) is 0 Å². The van der Waals surface area contributed by atoms with Gasteiger partial charge >= 0.3 is 0 Å². The van der Waals surface area contributed by atoms with E-state index in [1.54, 1.807) is 6.07 Å². The van der Waals surface area contributed by atoms with Gasteiger partial charge in [-0.1, -0.05) is 11.6 Å². The standard InChI is InChI=1S/C8H7ClN2O2S/c1-14(12,13)5-2-3-7-6(4-5)8(9)11-10-7/h2-4H,1H3,(H,10,11). The number of fused-ring (bicyclic) bond motifs is 1. The van der Waals surface area contributed by atoms with Gasteiger partial charge in [0.25, 0.3) is 0 Å². The van der Waals surface area contributed by atoms with E-state index >= 15 is 0 Å². The van der Waals surface area contributed by atoms with Gasteiger partial charge in [0, 0.05) is 11.6 Å². The van der Waals surface area contributed by atoms with E-state index < -0.39 is 9.84 Å². The van der Waals surface area contributed by atoms with Gasteiger partial charge in [-0.05, 0) is 18.2 Å². The summed E-state index contributed by atoms with van der Waals surface area (Å²) >= 11 is 5.78. The molecule has 6 heteroatoms. The van der Waals surface area contributed by atoms with Crippen molar-refractivity contribution in [2.24, 2.45) is 0 Å². The molecular weight excluding hydrogens is 224 g/mol. The van der Waals surface area contributed by atoms with Gasteiger partial charge in [-0.2, -0.15) is 5.10 Å². The lowest BCUT2D eigenvalue weighted by molar-refractivity contribution is 0.602. The number of halogens is 1. The maximum Gasteiger partial charge on any atom is 0.175 e. The smallest absolute Gasteiger partial charge is 0.175 e. The molecule has 0 aliphatic heterocycles. The van der Waals surface area contributed by atoms with E-state index in [1.165, 1.54) is 12.1 Å². The van der Waals surface area contributed by atoms with Crippen LogP contribution in [0.3, 0.4) is 0 Å². The van der Waals surface area contributed by atoms with Crippen molar-refractivity contribution in [3.05, 3.63) is 23.4 Å². The Morgan fingerprint density at radius 3 is 2.79 bits per heavy atom. The fraction of sp³-hybridized carbons (Fsp3) is 0.125. The zero-order valence-electron chi connectivity index (χ0n) is 7.28. The van der Waals surface area contributed by atoms with Gasteiger partial charge in [-0.25, -0.2) is 8.42 Å². The molecule has 0 aliphatic carbocycles. The number of hydrogen-bond donors (Lipinski definition) is 1. The van der Waals surface area contributed by atoms with Gasteiger partial charge in [-0.3, -0.25) is 5.10 Å². The van der Waals surface area contributed by atoms with Crippen LogP contribution in [0.5, 0.6) is 0 Å². The van der Waals surface area contributed by atoms with E-state index in [2.05, 4.69) is 10.2 Å². The van der Waals surface area contributed by atoms with Gasteiger partial charge in [0.15, 0.2) is 9.84 Å². The number of hydrogen-bond acceptors (Lipinski definition) is 3. The first-order valence-electron chi connectivity index (χ1n) is 3.82. The molecule has 0 bridgehead atoms. The lowest BCUT2D eigenvalue weighted by atomic mass is 10.3. The first-order valence-corrected chi connectivity index (χ1v) is 6.09. The number of sulfone groups is 1. The largest absolute Gasteiger partial charge is 0.266 e. The molecule has 74 valence electrons. The Morgan fingerprint density at radius 1 is 1.43 bits per heavy atom. The van der Waals surface area contributed by atoms with E-state index in [0.29, 0.717) is 16.1 Å². The molecule has 0 amide bonds. The number of benzene rings is 1. The second-order valence-corrected chi connectivity index (χ2v) is 5.38. The van der Waals surface area contributed by atoms with Crippen LogP contribution in [0, 0.1) is 0 Å². The molecule has 2 aromatic rings. The molecule has 0 saturated carbocycles. The third kappa shape index (κ3) is 1.49. The summed E-state index contributed by atoms with van der Waals surface area (Å²) in [5, 5.41) is 7.44.